The minimum absolute atomic E-state index is 0.172. The summed E-state index contributed by atoms with van der Waals surface area (Å²) in [6.07, 6.45) is 1.86. The Kier molecular flexibility index (Phi) is 5.28. The van der Waals surface area contributed by atoms with E-state index in [9.17, 15) is 14.5 Å². The Balaban J connectivity index is 1.64. The van der Waals surface area contributed by atoms with Gasteiger partial charge >= 0.3 is 0 Å². The van der Waals surface area contributed by atoms with Crippen molar-refractivity contribution in [2.45, 2.75) is 25.4 Å². The smallest absolute Gasteiger partial charge is 0.295 e. The molecule has 6 heteroatoms. The third kappa shape index (κ3) is 4.14. The van der Waals surface area contributed by atoms with Gasteiger partial charge in [-0.15, -0.1) is 0 Å². The number of benzene rings is 2. The van der Waals surface area contributed by atoms with E-state index in [-0.39, 0.29) is 11.7 Å². The maximum absolute atomic E-state index is 13.3. The molecule has 132 valence electrons. The first-order valence-corrected chi connectivity index (χ1v) is 8.47. The molecule has 1 heterocycles. The Morgan fingerprint density at radius 1 is 1.20 bits per heavy atom. The third-order valence-corrected chi connectivity index (χ3v) is 4.87. The molecule has 0 atom stereocenters. The first kappa shape index (κ1) is 17.4. The Morgan fingerprint density at radius 3 is 2.52 bits per heavy atom. The standard InChI is InChI=1S/C19H22FN3O2/c1-21(18-8-7-16(20)13-19(18)23(24)25)17-9-11-22(12-10-17)14-15-5-3-2-4-6-15/h2-8,13,17H,9-12,14H2,1H3. The fraction of sp³-hybridized carbons (Fsp3) is 0.368. The molecule has 2 aromatic carbocycles. The summed E-state index contributed by atoms with van der Waals surface area (Å²) in [6, 6.07) is 14.4. The highest BCUT2D eigenvalue weighted by Gasteiger charge is 2.27. The molecule has 0 radical (unpaired) electrons. The molecule has 0 amide bonds. The van der Waals surface area contributed by atoms with Crippen molar-refractivity contribution >= 4 is 11.4 Å². The van der Waals surface area contributed by atoms with E-state index in [1.54, 1.807) is 0 Å². The van der Waals surface area contributed by atoms with Crippen molar-refractivity contribution in [1.29, 1.82) is 0 Å². The fourth-order valence-electron chi connectivity index (χ4n) is 3.44. The summed E-state index contributed by atoms with van der Waals surface area (Å²) in [5, 5.41) is 11.2. The molecule has 1 aliphatic heterocycles. The van der Waals surface area contributed by atoms with Crippen LogP contribution in [0.5, 0.6) is 0 Å². The van der Waals surface area contributed by atoms with Gasteiger partial charge in [0.25, 0.3) is 5.69 Å². The molecular weight excluding hydrogens is 321 g/mol. The van der Waals surface area contributed by atoms with Gasteiger partial charge in [0.1, 0.15) is 11.5 Å². The van der Waals surface area contributed by atoms with E-state index in [0.29, 0.717) is 5.69 Å². The monoisotopic (exact) mass is 343 g/mol. The fourth-order valence-corrected chi connectivity index (χ4v) is 3.44. The van der Waals surface area contributed by atoms with Crippen LogP contribution in [0.4, 0.5) is 15.8 Å². The van der Waals surface area contributed by atoms with Crippen LogP contribution < -0.4 is 4.90 Å². The molecule has 0 aliphatic carbocycles. The zero-order valence-corrected chi connectivity index (χ0v) is 14.3. The second-order valence-corrected chi connectivity index (χ2v) is 6.49. The molecule has 2 aromatic rings. The van der Waals surface area contributed by atoms with Crippen molar-refractivity contribution in [2.75, 3.05) is 25.0 Å². The largest absolute Gasteiger partial charge is 0.366 e. The van der Waals surface area contributed by atoms with Crippen LogP contribution in [-0.2, 0) is 6.54 Å². The molecule has 1 saturated heterocycles. The maximum atomic E-state index is 13.3. The predicted molar refractivity (Wildman–Crippen MR) is 96.2 cm³/mol. The minimum Gasteiger partial charge on any atom is -0.366 e. The van der Waals surface area contributed by atoms with Gasteiger partial charge in [-0.05, 0) is 30.5 Å². The van der Waals surface area contributed by atoms with Gasteiger partial charge in [0.15, 0.2) is 0 Å². The van der Waals surface area contributed by atoms with E-state index in [4.69, 9.17) is 0 Å². The Hall–Kier alpha value is -2.47. The number of likely N-dealkylation sites (tertiary alicyclic amines) is 1. The predicted octanol–water partition coefficient (Wildman–Crippen LogP) is 3.83. The Bertz CT molecular complexity index is 731. The molecule has 0 unspecified atom stereocenters. The number of halogens is 1. The number of nitro benzene ring substituents is 1. The highest BCUT2D eigenvalue weighted by molar-refractivity contribution is 5.63. The first-order valence-electron chi connectivity index (χ1n) is 8.47. The van der Waals surface area contributed by atoms with Crippen molar-refractivity contribution < 1.29 is 9.31 Å². The lowest BCUT2D eigenvalue weighted by molar-refractivity contribution is -0.384. The number of nitrogens with zero attached hydrogens (tertiary/aromatic N) is 3. The molecule has 0 bridgehead atoms. The average Bonchev–Trinajstić information content (AvgIpc) is 2.62. The van der Waals surface area contributed by atoms with Gasteiger partial charge in [0.2, 0.25) is 0 Å². The van der Waals surface area contributed by atoms with E-state index in [1.807, 2.05) is 30.1 Å². The number of anilines is 1. The van der Waals surface area contributed by atoms with Crippen LogP contribution in [0, 0.1) is 15.9 Å². The molecule has 0 aromatic heterocycles. The van der Waals surface area contributed by atoms with Crippen LogP contribution in [0.2, 0.25) is 0 Å². The van der Waals surface area contributed by atoms with Crippen LogP contribution in [0.25, 0.3) is 0 Å². The molecular formula is C19H22FN3O2. The summed E-state index contributed by atoms with van der Waals surface area (Å²) in [5.41, 5.74) is 1.60. The summed E-state index contributed by atoms with van der Waals surface area (Å²) in [4.78, 5) is 15.0. The SMILES string of the molecule is CN(c1ccc(F)cc1[N+](=O)[O-])C1CCN(Cc2ccccc2)CC1. The lowest BCUT2D eigenvalue weighted by Crippen LogP contribution is -2.43. The summed E-state index contributed by atoms with van der Waals surface area (Å²) in [6.45, 7) is 2.81. The molecule has 5 nitrogen and oxygen atoms in total. The van der Waals surface area contributed by atoms with Crippen LogP contribution in [-0.4, -0.2) is 36.0 Å². The normalized spacial score (nSPS) is 15.9. The van der Waals surface area contributed by atoms with Gasteiger partial charge in [0, 0.05) is 32.7 Å². The molecule has 1 aliphatic rings. The van der Waals surface area contributed by atoms with E-state index in [1.165, 1.54) is 17.7 Å². The van der Waals surface area contributed by atoms with Crippen molar-refractivity contribution in [3.63, 3.8) is 0 Å². The van der Waals surface area contributed by atoms with Gasteiger partial charge in [-0.25, -0.2) is 4.39 Å². The summed E-state index contributed by atoms with van der Waals surface area (Å²) in [7, 11) is 1.86. The van der Waals surface area contributed by atoms with Crippen LogP contribution >= 0.6 is 0 Å². The van der Waals surface area contributed by atoms with Crippen molar-refractivity contribution in [2.24, 2.45) is 0 Å². The van der Waals surface area contributed by atoms with Gasteiger partial charge in [-0.3, -0.25) is 15.0 Å². The lowest BCUT2D eigenvalue weighted by Gasteiger charge is -2.37. The van der Waals surface area contributed by atoms with Crippen LogP contribution in [0.3, 0.4) is 0 Å². The Morgan fingerprint density at radius 2 is 1.88 bits per heavy atom. The maximum Gasteiger partial charge on any atom is 0.295 e. The number of nitro groups is 1. The van der Waals surface area contributed by atoms with Crippen LogP contribution in [0.15, 0.2) is 48.5 Å². The van der Waals surface area contributed by atoms with Gasteiger partial charge < -0.3 is 4.90 Å². The quantitative estimate of drug-likeness (QED) is 0.611. The van der Waals surface area contributed by atoms with Gasteiger partial charge in [-0.1, -0.05) is 30.3 Å². The Labute approximate surface area is 146 Å². The lowest BCUT2D eigenvalue weighted by atomic mass is 10.0. The summed E-state index contributed by atoms with van der Waals surface area (Å²) < 4.78 is 13.3. The number of piperidine rings is 1. The van der Waals surface area contributed by atoms with Crippen LogP contribution in [0.1, 0.15) is 18.4 Å². The third-order valence-electron chi connectivity index (χ3n) is 4.87. The highest BCUT2D eigenvalue weighted by Crippen LogP contribution is 2.31. The second-order valence-electron chi connectivity index (χ2n) is 6.49. The zero-order chi connectivity index (χ0) is 17.8. The molecule has 3 rings (SSSR count). The number of rotatable bonds is 5. The average molecular weight is 343 g/mol. The molecule has 0 N–H and O–H groups in total. The van der Waals surface area contributed by atoms with Crippen molar-refractivity contribution in [3.05, 3.63) is 70.0 Å². The number of hydrogen-bond acceptors (Lipinski definition) is 4. The summed E-state index contributed by atoms with van der Waals surface area (Å²) in [5.74, 6) is -0.582. The molecule has 0 spiro atoms. The van der Waals surface area contributed by atoms with E-state index < -0.39 is 10.7 Å². The number of hydrogen-bond donors (Lipinski definition) is 0. The molecule has 25 heavy (non-hydrogen) atoms. The topological polar surface area (TPSA) is 49.6 Å². The first-order chi connectivity index (χ1) is 12.0. The van der Waals surface area contributed by atoms with Gasteiger partial charge in [0.05, 0.1) is 11.0 Å². The van der Waals surface area contributed by atoms with Gasteiger partial charge in [-0.2, -0.15) is 0 Å². The highest BCUT2D eigenvalue weighted by atomic mass is 19.1. The minimum atomic E-state index is -0.582. The molecule has 1 fully saturated rings. The summed E-state index contributed by atoms with van der Waals surface area (Å²) >= 11 is 0. The van der Waals surface area contributed by atoms with Crippen molar-refractivity contribution in [1.82, 2.24) is 4.90 Å². The van der Waals surface area contributed by atoms with E-state index >= 15 is 0 Å². The van der Waals surface area contributed by atoms with Crippen molar-refractivity contribution in [3.8, 4) is 0 Å². The zero-order valence-electron chi connectivity index (χ0n) is 14.3. The second kappa shape index (κ2) is 7.61. The van der Waals surface area contributed by atoms with E-state index in [0.717, 1.165) is 38.5 Å². The van der Waals surface area contributed by atoms with E-state index in [2.05, 4.69) is 17.0 Å². The molecule has 0 saturated carbocycles.